The molecule has 2 aliphatic rings. The van der Waals surface area contributed by atoms with Crippen LogP contribution in [0, 0.1) is 11.6 Å². The predicted octanol–water partition coefficient (Wildman–Crippen LogP) is 8.52. The van der Waals surface area contributed by atoms with Gasteiger partial charge in [0, 0.05) is 48.4 Å². The lowest BCUT2D eigenvalue weighted by Crippen LogP contribution is -2.35. The molecule has 14 heteroatoms. The highest BCUT2D eigenvalue weighted by atomic mass is 35.5. The van der Waals surface area contributed by atoms with Gasteiger partial charge < -0.3 is 39.5 Å². The van der Waals surface area contributed by atoms with Crippen molar-refractivity contribution in [2.24, 2.45) is 0 Å². The van der Waals surface area contributed by atoms with E-state index in [4.69, 9.17) is 32.7 Å². The molecule has 2 aliphatic heterocycles. The molecular weight excluding hydrogens is 737 g/mol. The van der Waals surface area contributed by atoms with Crippen LogP contribution in [0.1, 0.15) is 60.7 Å². The Bertz CT molecular complexity index is 2000. The van der Waals surface area contributed by atoms with E-state index in [0.29, 0.717) is 28.3 Å². The van der Waals surface area contributed by atoms with E-state index in [2.05, 4.69) is 36.8 Å². The number of aromatic hydroxyl groups is 2. The van der Waals surface area contributed by atoms with Crippen molar-refractivity contribution in [3.63, 3.8) is 0 Å². The van der Waals surface area contributed by atoms with E-state index < -0.39 is 29.6 Å². The van der Waals surface area contributed by atoms with Gasteiger partial charge in [-0.1, -0.05) is 47.5 Å². The molecule has 2 unspecified atom stereocenters. The maximum absolute atomic E-state index is 14.0. The van der Waals surface area contributed by atoms with Crippen LogP contribution in [-0.4, -0.2) is 92.4 Å². The number of para-hydroxylation sites is 4. The third kappa shape index (κ3) is 8.64. The number of benzene rings is 4. The minimum absolute atomic E-state index is 0.0283. The molecule has 4 heterocycles. The Balaban J connectivity index is 0.000000167. The van der Waals surface area contributed by atoms with Crippen molar-refractivity contribution in [1.82, 2.24) is 29.7 Å². The number of imidazole rings is 2. The van der Waals surface area contributed by atoms with Gasteiger partial charge in [-0.05, 0) is 82.2 Å². The first-order valence-corrected chi connectivity index (χ1v) is 18.7. The molecule has 0 amide bonds. The number of aromatic amines is 2. The van der Waals surface area contributed by atoms with Crippen LogP contribution < -0.4 is 0 Å². The Morgan fingerprint density at radius 1 is 0.685 bits per heavy atom. The number of fused-ring (bicyclic) bond motifs is 2. The normalized spacial score (nSPS) is 17.4. The zero-order valence-corrected chi connectivity index (χ0v) is 31.4. The zero-order chi connectivity index (χ0) is 37.9. The van der Waals surface area contributed by atoms with E-state index in [1.54, 1.807) is 6.07 Å². The molecule has 6 aromatic rings. The summed E-state index contributed by atoms with van der Waals surface area (Å²) in [6.07, 6.45) is 1.93. The predicted molar refractivity (Wildman–Crippen MR) is 205 cm³/mol. The van der Waals surface area contributed by atoms with Crippen molar-refractivity contribution in [2.45, 2.75) is 50.1 Å². The highest BCUT2D eigenvalue weighted by molar-refractivity contribution is 6.35. The fourth-order valence-corrected chi connectivity index (χ4v) is 7.47. The number of nitrogens with zero attached hydrogens (tertiary/aromatic N) is 4. The van der Waals surface area contributed by atoms with Crippen LogP contribution in [0.3, 0.4) is 0 Å². The number of piperidine rings is 2. The number of phenolic OH excluding ortho intramolecular Hbond substituents is 2. The summed E-state index contributed by atoms with van der Waals surface area (Å²) in [7, 11) is 4.15. The molecule has 0 radical (unpaired) electrons. The van der Waals surface area contributed by atoms with Gasteiger partial charge >= 0.3 is 0 Å². The summed E-state index contributed by atoms with van der Waals surface area (Å²) in [4.78, 5) is 20.2. The van der Waals surface area contributed by atoms with Crippen molar-refractivity contribution >= 4 is 45.3 Å². The van der Waals surface area contributed by atoms with Gasteiger partial charge in [-0.15, -0.1) is 0 Å². The number of halogens is 4. The van der Waals surface area contributed by atoms with Crippen molar-refractivity contribution < 1.29 is 28.5 Å². The highest BCUT2D eigenvalue weighted by Gasteiger charge is 2.31. The van der Waals surface area contributed by atoms with Gasteiger partial charge in [-0.3, -0.25) is 0 Å². The van der Waals surface area contributed by atoms with E-state index in [0.717, 1.165) is 80.0 Å². The summed E-state index contributed by atoms with van der Waals surface area (Å²) in [5, 5.41) is 21.5. The molecule has 8 rings (SSSR count). The molecule has 2 fully saturated rings. The molecule has 0 spiro atoms. The molecule has 10 nitrogen and oxygen atoms in total. The number of phenols is 2. The van der Waals surface area contributed by atoms with Gasteiger partial charge in [-0.25, -0.2) is 18.7 Å². The van der Waals surface area contributed by atoms with Crippen LogP contribution >= 0.6 is 23.2 Å². The van der Waals surface area contributed by atoms with E-state index in [1.807, 2.05) is 55.6 Å². The second-order valence-corrected chi connectivity index (χ2v) is 14.8. The molecule has 4 N–H and O–H groups in total. The lowest BCUT2D eigenvalue weighted by molar-refractivity contribution is -0.0274. The second kappa shape index (κ2) is 16.6. The molecule has 284 valence electrons. The Kier molecular flexibility index (Phi) is 11.7. The van der Waals surface area contributed by atoms with Crippen LogP contribution in [0.4, 0.5) is 8.78 Å². The van der Waals surface area contributed by atoms with Crippen LogP contribution in [0.15, 0.2) is 72.8 Å². The number of hydrogen-bond donors (Lipinski definition) is 4. The van der Waals surface area contributed by atoms with Crippen molar-refractivity contribution in [1.29, 1.82) is 0 Å². The first-order chi connectivity index (χ1) is 26.0. The molecule has 2 atom stereocenters. The molecule has 0 aliphatic carbocycles. The Morgan fingerprint density at radius 3 is 1.63 bits per heavy atom. The minimum atomic E-state index is -1.02. The average Bonchev–Trinajstić information content (AvgIpc) is 3.79. The summed E-state index contributed by atoms with van der Waals surface area (Å²) in [6.45, 7) is 3.70. The monoisotopic (exact) mass is 778 g/mol. The van der Waals surface area contributed by atoms with Crippen LogP contribution in [0.2, 0.25) is 10.0 Å². The van der Waals surface area contributed by atoms with E-state index in [-0.39, 0.29) is 28.5 Å². The van der Waals surface area contributed by atoms with Gasteiger partial charge in [0.1, 0.15) is 35.4 Å². The van der Waals surface area contributed by atoms with Gasteiger partial charge in [0.05, 0.1) is 39.3 Å². The minimum Gasteiger partial charge on any atom is -0.506 e. The molecule has 2 saturated heterocycles. The van der Waals surface area contributed by atoms with Gasteiger partial charge in [0.15, 0.2) is 11.6 Å². The summed E-state index contributed by atoms with van der Waals surface area (Å²) in [5.74, 6) is -1.39. The van der Waals surface area contributed by atoms with Crippen LogP contribution in [-0.2, 0) is 9.47 Å². The fourth-order valence-electron chi connectivity index (χ4n) is 6.96. The first-order valence-electron chi connectivity index (χ1n) is 18.0. The average molecular weight is 780 g/mol. The zero-order valence-electron chi connectivity index (χ0n) is 29.9. The molecule has 0 bridgehead atoms. The van der Waals surface area contributed by atoms with Crippen LogP contribution in [0.25, 0.3) is 22.1 Å². The number of likely N-dealkylation sites (tertiary alicyclic amines) is 2. The van der Waals surface area contributed by atoms with Gasteiger partial charge in [0.25, 0.3) is 0 Å². The summed E-state index contributed by atoms with van der Waals surface area (Å²) < 4.78 is 40.5. The SMILES string of the molecule is CN1CCC(OC(c2nc3ccccc3[nH]2)c2cc(Cl)cc(Cl)c2O)CC1.CN1CCC(OC(c2nc3ccccc3[nH]2)c2cc(F)cc(F)c2O)CC1. The molecule has 2 aromatic heterocycles. The van der Waals surface area contributed by atoms with Gasteiger partial charge in [0.2, 0.25) is 0 Å². The smallest absolute Gasteiger partial charge is 0.168 e. The van der Waals surface area contributed by atoms with E-state index in [9.17, 15) is 19.0 Å². The number of aromatic nitrogens is 4. The summed E-state index contributed by atoms with van der Waals surface area (Å²) in [5.41, 5.74) is 3.83. The first kappa shape index (κ1) is 38.0. The number of nitrogens with one attached hydrogen (secondary N) is 2. The summed E-state index contributed by atoms with van der Waals surface area (Å²) in [6, 6.07) is 20.2. The fraction of sp³-hybridized carbons (Fsp3) is 0.350. The Morgan fingerprint density at radius 2 is 1.15 bits per heavy atom. The molecule has 4 aromatic carbocycles. The third-order valence-corrected chi connectivity index (χ3v) is 10.5. The number of hydrogen-bond acceptors (Lipinski definition) is 8. The van der Waals surface area contributed by atoms with E-state index in [1.165, 1.54) is 6.07 Å². The standard InChI is InChI=1S/C20H21Cl2N3O2.C20H21F2N3O2/c2*1-25-8-6-13(7-9-25)27-19(14-10-12(21)11-15(22)18(14)26)20-23-16-4-2-3-5-17(16)24-20/h2*2-5,10-11,13,19,26H,6-9H2,1H3,(H,23,24). The van der Waals surface area contributed by atoms with Crippen molar-refractivity contribution in [3.05, 3.63) is 117 Å². The molecular formula is C40H42Cl2F2N6O4. The third-order valence-electron chi connectivity index (χ3n) is 9.98. The maximum Gasteiger partial charge on any atom is 0.168 e. The van der Waals surface area contributed by atoms with Gasteiger partial charge in [-0.2, -0.15) is 0 Å². The number of rotatable bonds is 8. The topological polar surface area (TPSA) is 123 Å². The Labute approximate surface area is 321 Å². The van der Waals surface area contributed by atoms with Crippen LogP contribution in [0.5, 0.6) is 11.5 Å². The number of ether oxygens (including phenoxy) is 2. The molecule has 0 saturated carbocycles. The summed E-state index contributed by atoms with van der Waals surface area (Å²) >= 11 is 12.4. The molecule has 54 heavy (non-hydrogen) atoms. The highest BCUT2D eigenvalue weighted by Crippen LogP contribution is 2.40. The van der Waals surface area contributed by atoms with Crippen molar-refractivity contribution in [2.75, 3.05) is 40.3 Å². The lowest BCUT2D eigenvalue weighted by atomic mass is 10.0. The Hall–Kier alpha value is -4.30. The largest absolute Gasteiger partial charge is 0.506 e. The van der Waals surface area contributed by atoms with Crippen molar-refractivity contribution in [3.8, 4) is 11.5 Å². The van der Waals surface area contributed by atoms with E-state index >= 15 is 0 Å². The lowest BCUT2D eigenvalue weighted by Gasteiger charge is -2.31. The maximum atomic E-state index is 14.0. The second-order valence-electron chi connectivity index (χ2n) is 14.0. The number of H-pyrrole nitrogens is 2. The quantitative estimate of drug-likeness (QED) is 0.121.